The van der Waals surface area contributed by atoms with E-state index in [0.717, 1.165) is 13.1 Å². The highest BCUT2D eigenvalue weighted by Gasteiger charge is 2.08. The summed E-state index contributed by atoms with van der Waals surface area (Å²) in [5, 5.41) is 6.10. The maximum Gasteiger partial charge on any atom is 0.205 e. The minimum atomic E-state index is -0.0255. The van der Waals surface area contributed by atoms with E-state index in [2.05, 4.69) is 5.10 Å². The van der Waals surface area contributed by atoms with Gasteiger partial charge in [0.25, 0.3) is 0 Å². The molecule has 0 atom stereocenters. The van der Waals surface area contributed by atoms with E-state index >= 15 is 0 Å². The van der Waals surface area contributed by atoms with Crippen LogP contribution in [0.5, 0.6) is 0 Å². The monoisotopic (exact) mass is 202 g/mol. The molecule has 0 N–H and O–H groups in total. The SMILES string of the molecule is O=C(C=NN1CCCC1)c1ccccc1. The maximum absolute atomic E-state index is 11.6. The van der Waals surface area contributed by atoms with Crippen LogP contribution < -0.4 is 0 Å². The highest BCUT2D eigenvalue weighted by molar-refractivity contribution is 6.35. The Balaban J connectivity index is 1.97. The third-order valence-electron chi connectivity index (χ3n) is 2.48. The second-order valence-electron chi connectivity index (χ2n) is 3.64. The van der Waals surface area contributed by atoms with Crippen LogP contribution in [0, 0.1) is 0 Å². The molecule has 0 radical (unpaired) electrons. The Hall–Kier alpha value is -1.64. The van der Waals surface area contributed by atoms with Gasteiger partial charge in [0.1, 0.15) is 0 Å². The third kappa shape index (κ3) is 2.65. The van der Waals surface area contributed by atoms with Crippen molar-refractivity contribution in [3.8, 4) is 0 Å². The molecule has 1 aromatic carbocycles. The molecule has 1 aromatic rings. The van der Waals surface area contributed by atoms with Gasteiger partial charge < -0.3 is 0 Å². The zero-order chi connectivity index (χ0) is 10.5. The average molecular weight is 202 g/mol. The maximum atomic E-state index is 11.6. The molecule has 0 aromatic heterocycles. The van der Waals surface area contributed by atoms with Gasteiger partial charge in [0, 0.05) is 18.7 Å². The molecule has 3 heteroatoms. The van der Waals surface area contributed by atoms with Gasteiger partial charge in [-0.25, -0.2) is 0 Å². The lowest BCUT2D eigenvalue weighted by atomic mass is 10.1. The second-order valence-corrected chi connectivity index (χ2v) is 3.64. The molecule has 1 saturated heterocycles. The van der Waals surface area contributed by atoms with E-state index in [9.17, 15) is 4.79 Å². The second kappa shape index (κ2) is 4.73. The highest BCUT2D eigenvalue weighted by Crippen LogP contribution is 2.07. The standard InChI is InChI=1S/C12H14N2O/c15-12(11-6-2-1-3-7-11)10-13-14-8-4-5-9-14/h1-3,6-7,10H,4-5,8-9H2. The van der Waals surface area contributed by atoms with E-state index in [1.54, 1.807) is 12.1 Å². The molecular formula is C12H14N2O. The van der Waals surface area contributed by atoms with Crippen LogP contribution >= 0.6 is 0 Å². The fraction of sp³-hybridized carbons (Fsp3) is 0.333. The van der Waals surface area contributed by atoms with Crippen molar-refractivity contribution >= 4 is 12.0 Å². The molecule has 0 spiro atoms. The Morgan fingerprint density at radius 3 is 2.53 bits per heavy atom. The predicted molar refractivity (Wildman–Crippen MR) is 60.1 cm³/mol. The lowest BCUT2D eigenvalue weighted by Crippen LogP contribution is -2.13. The van der Waals surface area contributed by atoms with Crippen LogP contribution in [-0.2, 0) is 0 Å². The minimum Gasteiger partial charge on any atom is -0.297 e. The number of rotatable bonds is 3. The number of benzene rings is 1. The molecule has 0 bridgehead atoms. The summed E-state index contributed by atoms with van der Waals surface area (Å²) >= 11 is 0. The van der Waals surface area contributed by atoms with Crippen LogP contribution in [0.15, 0.2) is 35.4 Å². The topological polar surface area (TPSA) is 32.7 Å². The molecule has 0 amide bonds. The van der Waals surface area contributed by atoms with Crippen molar-refractivity contribution in [3.05, 3.63) is 35.9 Å². The molecule has 1 heterocycles. The number of hydrazone groups is 1. The van der Waals surface area contributed by atoms with Crippen LogP contribution in [0.25, 0.3) is 0 Å². The zero-order valence-electron chi connectivity index (χ0n) is 8.60. The van der Waals surface area contributed by atoms with E-state index in [1.807, 2.05) is 23.2 Å². The molecule has 0 saturated carbocycles. The van der Waals surface area contributed by atoms with Crippen molar-refractivity contribution in [2.45, 2.75) is 12.8 Å². The highest BCUT2D eigenvalue weighted by atomic mass is 16.1. The van der Waals surface area contributed by atoms with Gasteiger partial charge in [-0.3, -0.25) is 9.80 Å². The zero-order valence-corrected chi connectivity index (χ0v) is 8.60. The number of carbonyl (C=O) groups is 1. The smallest absolute Gasteiger partial charge is 0.205 e. The number of Topliss-reactive ketones (excluding diaryl/α,β-unsaturated/α-hetero) is 1. The molecule has 15 heavy (non-hydrogen) atoms. The number of carbonyl (C=O) groups excluding carboxylic acids is 1. The van der Waals surface area contributed by atoms with Gasteiger partial charge in [0.05, 0.1) is 6.21 Å². The molecular weight excluding hydrogens is 188 g/mol. The number of hydrogen-bond donors (Lipinski definition) is 0. The van der Waals surface area contributed by atoms with E-state index in [0.29, 0.717) is 5.56 Å². The fourth-order valence-electron chi connectivity index (χ4n) is 1.63. The van der Waals surface area contributed by atoms with Gasteiger partial charge in [-0.05, 0) is 12.8 Å². The van der Waals surface area contributed by atoms with Gasteiger partial charge in [-0.15, -0.1) is 0 Å². The van der Waals surface area contributed by atoms with Gasteiger partial charge in [0.15, 0.2) is 0 Å². The van der Waals surface area contributed by atoms with Crippen LogP contribution in [-0.4, -0.2) is 30.1 Å². The molecule has 0 unspecified atom stereocenters. The molecule has 0 aliphatic carbocycles. The Kier molecular flexibility index (Phi) is 3.12. The van der Waals surface area contributed by atoms with Crippen LogP contribution in [0.2, 0.25) is 0 Å². The summed E-state index contributed by atoms with van der Waals surface area (Å²) in [6.45, 7) is 1.94. The number of nitrogens with zero attached hydrogens (tertiary/aromatic N) is 2. The fourth-order valence-corrected chi connectivity index (χ4v) is 1.63. The summed E-state index contributed by atoms with van der Waals surface area (Å²) in [6.07, 6.45) is 3.77. The van der Waals surface area contributed by atoms with Crippen LogP contribution in [0.1, 0.15) is 23.2 Å². The Bertz CT molecular complexity index is 353. The first-order valence-corrected chi connectivity index (χ1v) is 5.24. The lowest BCUT2D eigenvalue weighted by molar-refractivity contribution is 0.106. The van der Waals surface area contributed by atoms with Gasteiger partial charge in [0.2, 0.25) is 5.78 Å². The molecule has 3 nitrogen and oxygen atoms in total. The summed E-state index contributed by atoms with van der Waals surface area (Å²) in [4.78, 5) is 11.6. The van der Waals surface area contributed by atoms with Gasteiger partial charge in [-0.1, -0.05) is 30.3 Å². The molecule has 1 aliphatic heterocycles. The largest absolute Gasteiger partial charge is 0.297 e. The number of hydrogen-bond acceptors (Lipinski definition) is 3. The molecule has 1 aliphatic rings. The summed E-state index contributed by atoms with van der Waals surface area (Å²) in [5.74, 6) is -0.0255. The summed E-state index contributed by atoms with van der Waals surface area (Å²) in [7, 11) is 0. The minimum absolute atomic E-state index is 0.0255. The predicted octanol–water partition coefficient (Wildman–Crippen LogP) is 1.95. The molecule has 78 valence electrons. The van der Waals surface area contributed by atoms with E-state index < -0.39 is 0 Å². The van der Waals surface area contributed by atoms with E-state index in [1.165, 1.54) is 19.1 Å². The van der Waals surface area contributed by atoms with Crippen molar-refractivity contribution in [2.75, 3.05) is 13.1 Å². The van der Waals surface area contributed by atoms with E-state index in [-0.39, 0.29) is 5.78 Å². The third-order valence-corrected chi connectivity index (χ3v) is 2.48. The summed E-state index contributed by atoms with van der Waals surface area (Å²) in [6, 6.07) is 9.22. The first kappa shape index (κ1) is 9.90. The van der Waals surface area contributed by atoms with Crippen LogP contribution in [0.3, 0.4) is 0 Å². The molecule has 1 fully saturated rings. The van der Waals surface area contributed by atoms with Gasteiger partial charge >= 0.3 is 0 Å². The summed E-state index contributed by atoms with van der Waals surface area (Å²) < 4.78 is 0. The summed E-state index contributed by atoms with van der Waals surface area (Å²) in [5.41, 5.74) is 0.695. The average Bonchev–Trinajstić information content (AvgIpc) is 2.80. The first-order valence-electron chi connectivity index (χ1n) is 5.24. The van der Waals surface area contributed by atoms with Crippen molar-refractivity contribution < 1.29 is 4.79 Å². The quantitative estimate of drug-likeness (QED) is 0.554. The number of ketones is 1. The van der Waals surface area contributed by atoms with Crippen molar-refractivity contribution in [3.63, 3.8) is 0 Å². The Morgan fingerprint density at radius 1 is 1.20 bits per heavy atom. The van der Waals surface area contributed by atoms with Crippen molar-refractivity contribution in [2.24, 2.45) is 5.10 Å². The Labute approximate surface area is 89.4 Å². The Morgan fingerprint density at radius 2 is 1.87 bits per heavy atom. The van der Waals surface area contributed by atoms with Crippen LogP contribution in [0.4, 0.5) is 0 Å². The lowest BCUT2D eigenvalue weighted by Gasteiger charge is -2.08. The van der Waals surface area contributed by atoms with Crippen molar-refractivity contribution in [1.82, 2.24) is 5.01 Å². The van der Waals surface area contributed by atoms with E-state index in [4.69, 9.17) is 0 Å². The normalized spacial score (nSPS) is 16.1. The van der Waals surface area contributed by atoms with Crippen molar-refractivity contribution in [1.29, 1.82) is 0 Å². The van der Waals surface area contributed by atoms with Gasteiger partial charge in [-0.2, -0.15) is 5.10 Å². The molecule has 2 rings (SSSR count). The first-order chi connectivity index (χ1) is 7.36.